The highest BCUT2D eigenvalue weighted by molar-refractivity contribution is 5.27. The van der Waals surface area contributed by atoms with Crippen LogP contribution in [0.25, 0.3) is 0 Å². The van der Waals surface area contributed by atoms with E-state index in [-0.39, 0.29) is 0 Å². The number of allylic oxidation sites excluding steroid dienone is 1. The van der Waals surface area contributed by atoms with Gasteiger partial charge in [0.1, 0.15) is 0 Å². The highest BCUT2D eigenvalue weighted by Crippen LogP contribution is 1.85. The second-order valence-electron chi connectivity index (χ2n) is 1.23. The number of nitrogens with one attached hydrogen (secondary N) is 1. The first kappa shape index (κ1) is 6.21. The first-order chi connectivity index (χ1) is 3.31. The van der Waals surface area contributed by atoms with Crippen LogP contribution in [0, 0.1) is 0 Å². The second kappa shape index (κ2) is 3.40. The third-order valence-corrected chi connectivity index (χ3v) is 0.603. The van der Waals surface area contributed by atoms with E-state index in [0.717, 1.165) is 5.70 Å². The molecular weight excluding hydrogens is 88.1 g/mol. The van der Waals surface area contributed by atoms with Crippen molar-refractivity contribution in [2.24, 2.45) is 4.99 Å². The SMILES string of the molecule is C=N/C(C)=C/NC. The molecule has 0 amide bonds. The Morgan fingerprint density at radius 1 is 1.86 bits per heavy atom. The smallest absolute Gasteiger partial charge is 0.0521 e. The molecule has 0 spiro atoms. The fourth-order valence-electron chi connectivity index (χ4n) is 0.255. The van der Waals surface area contributed by atoms with Crippen molar-refractivity contribution in [3.05, 3.63) is 11.9 Å². The lowest BCUT2D eigenvalue weighted by atomic mass is 10.6. The average Bonchev–Trinajstić information content (AvgIpc) is 1.68. The molecule has 0 saturated heterocycles. The quantitative estimate of drug-likeness (QED) is 0.507. The Kier molecular flexibility index (Phi) is 3.02. The van der Waals surface area contributed by atoms with E-state index in [0.29, 0.717) is 0 Å². The summed E-state index contributed by atoms with van der Waals surface area (Å²) in [5.41, 5.74) is 0.905. The summed E-state index contributed by atoms with van der Waals surface area (Å²) in [5, 5.41) is 2.82. The Balaban J connectivity index is 3.49. The van der Waals surface area contributed by atoms with Crippen molar-refractivity contribution in [1.29, 1.82) is 0 Å². The predicted molar refractivity (Wildman–Crippen MR) is 32.4 cm³/mol. The Hall–Kier alpha value is -0.790. The maximum Gasteiger partial charge on any atom is 0.0521 e. The number of aliphatic imine (C=N–C) groups is 1. The molecule has 0 aromatic heterocycles. The van der Waals surface area contributed by atoms with Gasteiger partial charge in [-0.1, -0.05) is 0 Å². The first-order valence-corrected chi connectivity index (χ1v) is 2.12. The van der Waals surface area contributed by atoms with Gasteiger partial charge in [-0.15, -0.1) is 0 Å². The molecule has 0 fully saturated rings. The van der Waals surface area contributed by atoms with E-state index in [1.54, 1.807) is 6.20 Å². The summed E-state index contributed by atoms with van der Waals surface area (Å²) >= 11 is 0. The molecule has 0 rings (SSSR count). The molecule has 0 radical (unpaired) electrons. The molecule has 0 heterocycles. The van der Waals surface area contributed by atoms with E-state index >= 15 is 0 Å². The zero-order valence-corrected chi connectivity index (χ0v) is 4.73. The summed E-state index contributed by atoms with van der Waals surface area (Å²) in [6, 6.07) is 0. The van der Waals surface area contributed by atoms with Crippen LogP contribution in [0.1, 0.15) is 6.92 Å². The van der Waals surface area contributed by atoms with Crippen molar-refractivity contribution in [3.8, 4) is 0 Å². The molecule has 7 heavy (non-hydrogen) atoms. The highest BCUT2D eigenvalue weighted by Gasteiger charge is 1.71. The van der Waals surface area contributed by atoms with E-state index in [9.17, 15) is 0 Å². The molecule has 0 saturated carbocycles. The predicted octanol–water partition coefficient (Wildman–Crippen LogP) is 0.768. The number of hydrogen-bond donors (Lipinski definition) is 1. The van der Waals surface area contributed by atoms with Crippen molar-refractivity contribution >= 4 is 6.72 Å². The maximum absolute atomic E-state index is 3.63. The number of rotatable bonds is 2. The molecule has 0 aliphatic rings. The molecule has 0 aliphatic heterocycles. The maximum atomic E-state index is 3.63. The zero-order chi connectivity index (χ0) is 5.70. The van der Waals surface area contributed by atoms with Gasteiger partial charge < -0.3 is 5.32 Å². The van der Waals surface area contributed by atoms with Crippen molar-refractivity contribution in [3.63, 3.8) is 0 Å². The van der Waals surface area contributed by atoms with Crippen LogP contribution in [0.4, 0.5) is 0 Å². The molecule has 2 heteroatoms. The normalized spacial score (nSPS) is 10.9. The lowest BCUT2D eigenvalue weighted by Crippen LogP contribution is -1.92. The van der Waals surface area contributed by atoms with Crippen molar-refractivity contribution < 1.29 is 0 Å². The van der Waals surface area contributed by atoms with Gasteiger partial charge in [0.25, 0.3) is 0 Å². The monoisotopic (exact) mass is 98.1 g/mol. The zero-order valence-electron chi connectivity index (χ0n) is 4.73. The van der Waals surface area contributed by atoms with Gasteiger partial charge in [0.2, 0.25) is 0 Å². The molecule has 0 aromatic rings. The standard InChI is InChI=1S/C5H10N2/c1-5(7-3)4-6-2/h4,6H,3H2,1-2H3/b5-4+. The summed E-state index contributed by atoms with van der Waals surface area (Å²) in [7, 11) is 1.83. The van der Waals surface area contributed by atoms with Crippen LogP contribution in [0.15, 0.2) is 16.9 Å². The number of hydrogen-bond acceptors (Lipinski definition) is 2. The van der Waals surface area contributed by atoms with Gasteiger partial charge in [0.15, 0.2) is 0 Å². The molecule has 0 aromatic carbocycles. The van der Waals surface area contributed by atoms with Crippen molar-refractivity contribution in [1.82, 2.24) is 5.32 Å². The molecular formula is C5H10N2. The number of nitrogens with zero attached hydrogens (tertiary/aromatic N) is 1. The van der Waals surface area contributed by atoms with Crippen LogP contribution in [0.3, 0.4) is 0 Å². The van der Waals surface area contributed by atoms with Gasteiger partial charge in [-0.25, -0.2) is 0 Å². The molecule has 0 atom stereocenters. The van der Waals surface area contributed by atoms with Gasteiger partial charge in [-0.05, 0) is 13.6 Å². The summed E-state index contributed by atoms with van der Waals surface area (Å²) < 4.78 is 0. The summed E-state index contributed by atoms with van der Waals surface area (Å²) in [4.78, 5) is 3.63. The van der Waals surface area contributed by atoms with Crippen LogP contribution in [0.2, 0.25) is 0 Å². The molecule has 0 aliphatic carbocycles. The molecule has 0 unspecified atom stereocenters. The fraction of sp³-hybridized carbons (Fsp3) is 0.400. The van der Waals surface area contributed by atoms with E-state index in [4.69, 9.17) is 0 Å². The van der Waals surface area contributed by atoms with E-state index in [2.05, 4.69) is 17.0 Å². The summed E-state index contributed by atoms with van der Waals surface area (Å²) in [6.07, 6.45) is 1.78. The van der Waals surface area contributed by atoms with Crippen LogP contribution < -0.4 is 5.32 Å². The molecule has 1 N–H and O–H groups in total. The van der Waals surface area contributed by atoms with Gasteiger partial charge in [-0.3, -0.25) is 4.99 Å². The fourth-order valence-corrected chi connectivity index (χ4v) is 0.255. The third-order valence-electron chi connectivity index (χ3n) is 0.603. The minimum Gasteiger partial charge on any atom is -0.393 e. The topological polar surface area (TPSA) is 24.4 Å². The molecule has 40 valence electrons. The Labute approximate surface area is 44.0 Å². The van der Waals surface area contributed by atoms with E-state index in [1.807, 2.05) is 14.0 Å². The third kappa shape index (κ3) is 3.03. The van der Waals surface area contributed by atoms with E-state index in [1.165, 1.54) is 0 Å². The Bertz CT molecular complexity index is 84.1. The Morgan fingerprint density at radius 2 is 2.43 bits per heavy atom. The van der Waals surface area contributed by atoms with Crippen LogP contribution >= 0.6 is 0 Å². The van der Waals surface area contributed by atoms with Crippen LogP contribution in [-0.2, 0) is 0 Å². The van der Waals surface area contributed by atoms with Crippen molar-refractivity contribution in [2.75, 3.05) is 7.05 Å². The lowest BCUT2D eigenvalue weighted by molar-refractivity contribution is 1.06. The minimum atomic E-state index is 0.905. The van der Waals surface area contributed by atoms with Crippen LogP contribution in [0.5, 0.6) is 0 Å². The van der Waals surface area contributed by atoms with Gasteiger partial charge in [0, 0.05) is 13.2 Å². The minimum absolute atomic E-state index is 0.905. The van der Waals surface area contributed by atoms with Crippen molar-refractivity contribution in [2.45, 2.75) is 6.92 Å². The molecule has 2 nitrogen and oxygen atoms in total. The summed E-state index contributed by atoms with van der Waals surface area (Å²) in [6.45, 7) is 5.20. The second-order valence-corrected chi connectivity index (χ2v) is 1.23. The van der Waals surface area contributed by atoms with E-state index < -0.39 is 0 Å². The molecule has 0 bridgehead atoms. The largest absolute Gasteiger partial charge is 0.393 e. The Morgan fingerprint density at radius 3 is 2.57 bits per heavy atom. The van der Waals surface area contributed by atoms with Gasteiger partial charge in [0.05, 0.1) is 5.70 Å². The van der Waals surface area contributed by atoms with Gasteiger partial charge in [-0.2, -0.15) is 0 Å². The highest BCUT2D eigenvalue weighted by atomic mass is 14.8. The lowest BCUT2D eigenvalue weighted by Gasteiger charge is -1.86. The van der Waals surface area contributed by atoms with Gasteiger partial charge >= 0.3 is 0 Å². The first-order valence-electron chi connectivity index (χ1n) is 2.12. The summed E-state index contributed by atoms with van der Waals surface area (Å²) in [5.74, 6) is 0. The van der Waals surface area contributed by atoms with Crippen LogP contribution in [-0.4, -0.2) is 13.8 Å². The average molecular weight is 98.1 g/mol.